The molecule has 2 saturated heterocycles. The van der Waals surface area contributed by atoms with E-state index in [0.29, 0.717) is 12.2 Å². The van der Waals surface area contributed by atoms with Crippen LogP contribution in [0.4, 0.5) is 0 Å². The smallest absolute Gasteiger partial charge is 0.110 e. The number of ether oxygens (including phenoxy) is 2. The lowest BCUT2D eigenvalue weighted by Crippen LogP contribution is -2.48. The molecule has 0 aromatic heterocycles. The van der Waals surface area contributed by atoms with Gasteiger partial charge >= 0.3 is 0 Å². The second-order valence-corrected chi connectivity index (χ2v) is 9.24. The Balaban J connectivity index is 1.62. The molecule has 3 heteroatoms. The number of hydrogen-bond donors (Lipinski definition) is 0. The van der Waals surface area contributed by atoms with Crippen LogP contribution in [0.2, 0.25) is 6.04 Å². The first-order chi connectivity index (χ1) is 8.86. The summed E-state index contributed by atoms with van der Waals surface area (Å²) in [5.41, 5.74) is 0. The van der Waals surface area contributed by atoms with Crippen LogP contribution in [-0.2, 0) is 9.47 Å². The van der Waals surface area contributed by atoms with Gasteiger partial charge in [-0.3, -0.25) is 0 Å². The Labute approximate surface area is 114 Å². The highest BCUT2D eigenvalue weighted by molar-refractivity contribution is 6.40. The first-order valence-corrected chi connectivity index (χ1v) is 9.86. The van der Waals surface area contributed by atoms with Crippen molar-refractivity contribution in [2.24, 2.45) is 5.92 Å². The van der Waals surface area contributed by atoms with Gasteiger partial charge in [-0.25, -0.2) is 0 Å². The van der Waals surface area contributed by atoms with Crippen LogP contribution in [0, 0.1) is 5.92 Å². The summed E-state index contributed by atoms with van der Waals surface area (Å²) in [5.74, 6) is 0.858. The molecule has 0 aromatic carbocycles. The summed E-state index contributed by atoms with van der Waals surface area (Å²) in [7, 11) is -0.130. The molecule has 1 aliphatic carbocycles. The predicted molar refractivity (Wildman–Crippen MR) is 76.8 cm³/mol. The van der Waals surface area contributed by atoms with E-state index < -0.39 is 0 Å². The summed E-state index contributed by atoms with van der Waals surface area (Å²) < 4.78 is 12.4. The molecule has 3 atom stereocenters. The third-order valence-electron chi connectivity index (χ3n) is 5.22. The van der Waals surface area contributed by atoms with Gasteiger partial charge in [-0.05, 0) is 38.0 Å². The maximum absolute atomic E-state index is 6.29. The molecule has 2 heterocycles. The second-order valence-electron chi connectivity index (χ2n) is 6.54. The predicted octanol–water partition coefficient (Wildman–Crippen LogP) is 2.84. The van der Waals surface area contributed by atoms with Gasteiger partial charge in [0.2, 0.25) is 0 Å². The van der Waals surface area contributed by atoms with Gasteiger partial charge < -0.3 is 9.47 Å². The minimum Gasteiger partial charge on any atom is -0.376 e. The van der Waals surface area contributed by atoms with Gasteiger partial charge in [0.25, 0.3) is 0 Å². The van der Waals surface area contributed by atoms with E-state index in [9.17, 15) is 0 Å². The first-order valence-electron chi connectivity index (χ1n) is 8.15. The summed E-state index contributed by atoms with van der Waals surface area (Å²) in [6, 6.07) is 1.36. The fraction of sp³-hybridized carbons (Fsp3) is 1.00. The maximum Gasteiger partial charge on any atom is 0.110 e. The van der Waals surface area contributed by atoms with Crippen LogP contribution < -0.4 is 0 Å². The first kappa shape index (κ1) is 13.1. The van der Waals surface area contributed by atoms with Gasteiger partial charge in [0.1, 0.15) is 6.10 Å². The molecule has 2 aliphatic heterocycles. The van der Waals surface area contributed by atoms with Gasteiger partial charge in [0.15, 0.2) is 0 Å². The highest BCUT2D eigenvalue weighted by Gasteiger charge is 2.57. The quantitative estimate of drug-likeness (QED) is 0.578. The van der Waals surface area contributed by atoms with Gasteiger partial charge in [-0.1, -0.05) is 32.2 Å². The third-order valence-corrected chi connectivity index (χ3v) is 7.52. The molecule has 0 bridgehead atoms. The molecule has 1 saturated carbocycles. The van der Waals surface area contributed by atoms with Gasteiger partial charge in [-0.15, -0.1) is 0 Å². The Morgan fingerprint density at radius 1 is 1.11 bits per heavy atom. The van der Waals surface area contributed by atoms with Gasteiger partial charge in [0, 0.05) is 6.61 Å². The highest BCUT2D eigenvalue weighted by atomic mass is 28.2. The minimum absolute atomic E-state index is 0.130. The van der Waals surface area contributed by atoms with Crippen molar-refractivity contribution in [1.82, 2.24) is 0 Å². The van der Waals surface area contributed by atoms with Crippen molar-refractivity contribution in [3.8, 4) is 0 Å². The fourth-order valence-electron chi connectivity index (χ4n) is 4.23. The molecule has 0 spiro atoms. The molecule has 18 heavy (non-hydrogen) atoms. The zero-order valence-electron chi connectivity index (χ0n) is 11.8. The number of rotatable bonds is 4. The zero-order valence-corrected chi connectivity index (χ0v) is 13.2. The molecule has 0 aromatic rings. The lowest BCUT2D eigenvalue weighted by Gasteiger charge is -2.37. The van der Waals surface area contributed by atoms with E-state index >= 15 is 0 Å². The minimum atomic E-state index is -0.130. The summed E-state index contributed by atoms with van der Waals surface area (Å²) in [5, 5.41) is 0.231. The van der Waals surface area contributed by atoms with E-state index in [4.69, 9.17) is 9.47 Å². The molecular formula is C15H28O2Si. The standard InChI is InChI=1S/C15H28O2Si/c1-2-18-15(10-6-7-11-16-15)14-13(17-14)12-8-4-3-5-9-12/h12-14H,2-11,18H2,1H3. The van der Waals surface area contributed by atoms with Crippen LogP contribution in [0.3, 0.4) is 0 Å². The third kappa shape index (κ3) is 2.54. The van der Waals surface area contributed by atoms with Crippen molar-refractivity contribution in [1.29, 1.82) is 0 Å². The molecular weight excluding hydrogens is 240 g/mol. The Morgan fingerprint density at radius 2 is 1.94 bits per heavy atom. The molecule has 3 aliphatic rings. The molecule has 3 rings (SSSR count). The average Bonchev–Trinajstić information content (AvgIpc) is 3.22. The van der Waals surface area contributed by atoms with Crippen molar-refractivity contribution < 1.29 is 9.47 Å². The monoisotopic (exact) mass is 268 g/mol. The second kappa shape index (κ2) is 5.64. The van der Waals surface area contributed by atoms with Gasteiger partial charge in [0.05, 0.1) is 20.8 Å². The molecule has 2 nitrogen and oxygen atoms in total. The SMILES string of the molecule is CC[SiH2]C1(C2OC2C2CCCCC2)CCCCO1. The average molecular weight is 268 g/mol. The van der Waals surface area contributed by atoms with E-state index in [-0.39, 0.29) is 14.7 Å². The van der Waals surface area contributed by atoms with E-state index in [1.807, 2.05) is 0 Å². The lowest BCUT2D eigenvalue weighted by atomic mass is 9.84. The van der Waals surface area contributed by atoms with Crippen molar-refractivity contribution in [3.63, 3.8) is 0 Å². The normalized spacial score (nSPS) is 42.5. The zero-order chi connectivity index (χ0) is 12.4. The number of epoxide rings is 1. The molecule has 0 radical (unpaired) electrons. The molecule has 3 unspecified atom stereocenters. The molecule has 3 fully saturated rings. The number of hydrogen-bond acceptors (Lipinski definition) is 2. The Bertz CT molecular complexity index is 264. The topological polar surface area (TPSA) is 21.8 Å². The summed E-state index contributed by atoms with van der Waals surface area (Å²) >= 11 is 0. The van der Waals surface area contributed by atoms with Crippen LogP contribution in [0.1, 0.15) is 58.3 Å². The van der Waals surface area contributed by atoms with Crippen LogP contribution in [0.15, 0.2) is 0 Å². The van der Waals surface area contributed by atoms with Gasteiger partial charge in [-0.2, -0.15) is 0 Å². The summed E-state index contributed by atoms with van der Waals surface area (Å²) in [4.78, 5) is 0. The van der Waals surface area contributed by atoms with E-state index in [1.54, 1.807) is 0 Å². The summed E-state index contributed by atoms with van der Waals surface area (Å²) in [6.07, 6.45) is 12.1. The fourth-order valence-corrected chi connectivity index (χ4v) is 6.48. The van der Waals surface area contributed by atoms with Crippen molar-refractivity contribution in [2.45, 2.75) is 81.8 Å². The van der Waals surface area contributed by atoms with E-state index in [0.717, 1.165) is 12.5 Å². The van der Waals surface area contributed by atoms with Crippen molar-refractivity contribution >= 4 is 9.52 Å². The van der Waals surface area contributed by atoms with Crippen molar-refractivity contribution in [3.05, 3.63) is 0 Å². The van der Waals surface area contributed by atoms with E-state index in [2.05, 4.69) is 6.92 Å². The summed E-state index contributed by atoms with van der Waals surface area (Å²) in [6.45, 7) is 3.33. The maximum atomic E-state index is 6.29. The Kier molecular flexibility index (Phi) is 4.11. The molecule has 0 N–H and O–H groups in total. The molecule has 104 valence electrons. The highest BCUT2D eigenvalue weighted by Crippen LogP contribution is 2.46. The van der Waals surface area contributed by atoms with E-state index in [1.165, 1.54) is 57.4 Å². The Morgan fingerprint density at radius 3 is 2.61 bits per heavy atom. The van der Waals surface area contributed by atoms with Crippen LogP contribution in [-0.4, -0.2) is 33.6 Å². The van der Waals surface area contributed by atoms with Crippen LogP contribution in [0.25, 0.3) is 0 Å². The molecule has 0 amide bonds. The largest absolute Gasteiger partial charge is 0.376 e. The lowest BCUT2D eigenvalue weighted by molar-refractivity contribution is -0.0370. The van der Waals surface area contributed by atoms with Crippen molar-refractivity contribution in [2.75, 3.05) is 6.61 Å². The van der Waals surface area contributed by atoms with Crippen LogP contribution in [0.5, 0.6) is 0 Å². The van der Waals surface area contributed by atoms with Crippen LogP contribution >= 0.6 is 0 Å². The Hall–Kier alpha value is 0.137.